The second-order valence-corrected chi connectivity index (χ2v) is 11.4. The summed E-state index contributed by atoms with van der Waals surface area (Å²) in [5.74, 6) is -0.835. The van der Waals surface area contributed by atoms with Gasteiger partial charge in [-0.05, 0) is 73.3 Å². The molecule has 0 aromatic heterocycles. The van der Waals surface area contributed by atoms with Gasteiger partial charge in [0.25, 0.3) is 5.91 Å². The van der Waals surface area contributed by atoms with Crippen LogP contribution in [0.3, 0.4) is 0 Å². The van der Waals surface area contributed by atoms with Crippen LogP contribution in [0.25, 0.3) is 0 Å². The molecule has 5 heteroatoms. The van der Waals surface area contributed by atoms with E-state index in [0.29, 0.717) is 12.1 Å². The van der Waals surface area contributed by atoms with Crippen LogP contribution in [0.2, 0.25) is 0 Å². The molecule has 2 aromatic carbocycles. The molecule has 0 bridgehead atoms. The number of halogens is 1. The fourth-order valence-corrected chi connectivity index (χ4v) is 5.95. The minimum atomic E-state index is -0.483. The summed E-state index contributed by atoms with van der Waals surface area (Å²) >= 11 is 0. The van der Waals surface area contributed by atoms with Crippen molar-refractivity contribution < 1.29 is 14.0 Å². The third kappa shape index (κ3) is 5.60. The van der Waals surface area contributed by atoms with E-state index < -0.39 is 5.82 Å². The molecule has 35 heavy (non-hydrogen) atoms. The molecule has 2 amide bonds. The van der Waals surface area contributed by atoms with Crippen molar-refractivity contribution in [2.45, 2.75) is 84.1 Å². The highest BCUT2D eigenvalue weighted by atomic mass is 19.1. The number of carbonyl (C=O) groups excluding carboxylic acids is 2. The molecular weight excluding hydrogens is 439 g/mol. The fraction of sp³-hybridized carbons (Fsp3) is 0.533. The van der Waals surface area contributed by atoms with Gasteiger partial charge in [-0.3, -0.25) is 9.59 Å². The average Bonchev–Trinajstić information content (AvgIpc) is 2.83. The molecule has 1 N–H and O–H groups in total. The van der Waals surface area contributed by atoms with Crippen LogP contribution >= 0.6 is 0 Å². The molecule has 0 radical (unpaired) electrons. The maximum Gasteiger partial charge on any atom is 0.257 e. The third-order valence-electron chi connectivity index (χ3n) is 7.85. The first-order valence-electron chi connectivity index (χ1n) is 13.1. The van der Waals surface area contributed by atoms with Gasteiger partial charge in [0.15, 0.2) is 0 Å². The highest BCUT2D eigenvalue weighted by Crippen LogP contribution is 2.38. The number of hydrogen-bond acceptors (Lipinski definition) is 2. The van der Waals surface area contributed by atoms with E-state index in [0.717, 1.165) is 49.8 Å². The Balaban J connectivity index is 1.64. The Hall–Kier alpha value is -2.69. The second kappa shape index (κ2) is 10.5. The van der Waals surface area contributed by atoms with Gasteiger partial charge in [-0.15, -0.1) is 0 Å². The molecule has 1 unspecified atom stereocenters. The van der Waals surface area contributed by atoms with E-state index in [9.17, 15) is 14.0 Å². The van der Waals surface area contributed by atoms with Gasteiger partial charge in [0.2, 0.25) is 5.91 Å². The van der Waals surface area contributed by atoms with Gasteiger partial charge in [0, 0.05) is 18.3 Å². The monoisotopic (exact) mass is 478 g/mol. The Morgan fingerprint density at radius 2 is 1.69 bits per heavy atom. The average molecular weight is 479 g/mol. The normalized spacial score (nSPS) is 21.6. The molecule has 1 aliphatic carbocycles. The first-order chi connectivity index (χ1) is 16.7. The van der Waals surface area contributed by atoms with E-state index in [-0.39, 0.29) is 40.7 Å². The summed E-state index contributed by atoms with van der Waals surface area (Å²) in [7, 11) is 0. The lowest BCUT2D eigenvalue weighted by molar-refractivity contribution is -0.124. The van der Waals surface area contributed by atoms with Crippen LogP contribution < -0.4 is 5.32 Å². The number of amides is 2. The summed E-state index contributed by atoms with van der Waals surface area (Å²) in [6.45, 7) is 8.81. The van der Waals surface area contributed by atoms with Gasteiger partial charge in [-0.1, -0.05) is 64.3 Å². The van der Waals surface area contributed by atoms with Gasteiger partial charge in [0.1, 0.15) is 5.82 Å². The number of carbonyl (C=O) groups is 2. The molecule has 1 saturated carbocycles. The molecule has 2 aliphatic rings. The molecule has 1 heterocycles. The SMILES string of the molecule is Cc1cccc(F)c1C(=O)N1CCCC(C(=O)Nc2cccc(C(C)(C)C)c2)[C@@H]1C1CCCCC1. The zero-order valence-electron chi connectivity index (χ0n) is 21.6. The Labute approximate surface area is 209 Å². The summed E-state index contributed by atoms with van der Waals surface area (Å²) in [5, 5.41) is 3.16. The number of likely N-dealkylation sites (tertiary alicyclic amines) is 1. The fourth-order valence-electron chi connectivity index (χ4n) is 5.95. The molecule has 1 aliphatic heterocycles. The molecule has 4 rings (SSSR count). The van der Waals surface area contributed by atoms with Crippen LogP contribution in [0.1, 0.15) is 87.2 Å². The first-order valence-corrected chi connectivity index (χ1v) is 13.1. The number of anilines is 1. The smallest absolute Gasteiger partial charge is 0.257 e. The van der Waals surface area contributed by atoms with Crippen molar-refractivity contribution in [3.8, 4) is 0 Å². The first kappa shape index (κ1) is 25.4. The zero-order valence-corrected chi connectivity index (χ0v) is 21.6. The highest BCUT2D eigenvalue weighted by Gasteiger charge is 2.43. The predicted molar refractivity (Wildman–Crippen MR) is 139 cm³/mol. The van der Waals surface area contributed by atoms with Crippen LogP contribution in [0.5, 0.6) is 0 Å². The molecule has 2 aromatic rings. The molecule has 4 nitrogen and oxygen atoms in total. The van der Waals surface area contributed by atoms with Crippen molar-refractivity contribution in [2.75, 3.05) is 11.9 Å². The van der Waals surface area contributed by atoms with Crippen molar-refractivity contribution in [3.63, 3.8) is 0 Å². The van der Waals surface area contributed by atoms with Crippen LogP contribution in [0.15, 0.2) is 42.5 Å². The lowest BCUT2D eigenvalue weighted by Crippen LogP contribution is -2.55. The summed E-state index contributed by atoms with van der Waals surface area (Å²) in [4.78, 5) is 29.3. The molecule has 188 valence electrons. The highest BCUT2D eigenvalue weighted by molar-refractivity contribution is 5.98. The van der Waals surface area contributed by atoms with Gasteiger partial charge in [0.05, 0.1) is 11.5 Å². The van der Waals surface area contributed by atoms with E-state index in [1.807, 2.05) is 23.1 Å². The topological polar surface area (TPSA) is 49.4 Å². The van der Waals surface area contributed by atoms with Crippen molar-refractivity contribution in [1.82, 2.24) is 4.90 Å². The van der Waals surface area contributed by atoms with Crippen molar-refractivity contribution in [1.29, 1.82) is 0 Å². The largest absolute Gasteiger partial charge is 0.334 e. The quantitative estimate of drug-likeness (QED) is 0.521. The Morgan fingerprint density at radius 1 is 0.971 bits per heavy atom. The number of rotatable bonds is 4. The number of aryl methyl sites for hydroxylation is 1. The minimum absolute atomic E-state index is 0.0168. The lowest BCUT2D eigenvalue weighted by Gasteiger charge is -2.46. The van der Waals surface area contributed by atoms with Gasteiger partial charge in [-0.25, -0.2) is 4.39 Å². The predicted octanol–water partition coefficient (Wildman–Crippen LogP) is 6.87. The maximum absolute atomic E-state index is 14.8. The van der Waals surface area contributed by atoms with Gasteiger partial charge < -0.3 is 10.2 Å². The summed E-state index contributed by atoms with van der Waals surface area (Å²) in [6, 6.07) is 12.6. The van der Waals surface area contributed by atoms with Crippen LogP contribution in [-0.2, 0) is 10.2 Å². The standard InChI is InChI=1S/C30H39FN2O2/c1-20-11-8-17-25(31)26(20)29(35)33-18-10-16-24(27(33)21-12-6-5-7-13-21)28(34)32-23-15-9-14-22(19-23)30(2,3)4/h8-9,11,14-15,17,19,21,24,27H,5-7,10,12-13,16,18H2,1-4H3,(H,32,34)/t24?,27-/m0/s1. The summed E-state index contributed by atoms with van der Waals surface area (Å²) in [6.07, 6.45) is 6.92. The minimum Gasteiger partial charge on any atom is -0.334 e. The van der Waals surface area contributed by atoms with Crippen molar-refractivity contribution in [3.05, 3.63) is 65.0 Å². The Bertz CT molecular complexity index is 1050. The Kier molecular flexibility index (Phi) is 7.63. The molecule has 2 fully saturated rings. The third-order valence-corrected chi connectivity index (χ3v) is 7.85. The molecule has 1 saturated heterocycles. The molecule has 0 spiro atoms. The summed E-state index contributed by atoms with van der Waals surface area (Å²) in [5.41, 5.74) is 2.72. The maximum atomic E-state index is 14.8. The lowest BCUT2D eigenvalue weighted by atomic mass is 9.74. The van der Waals surface area contributed by atoms with Crippen molar-refractivity contribution >= 4 is 17.5 Å². The number of nitrogens with one attached hydrogen (secondary N) is 1. The van der Waals surface area contributed by atoms with E-state index in [1.54, 1.807) is 19.1 Å². The summed E-state index contributed by atoms with van der Waals surface area (Å²) < 4.78 is 14.8. The van der Waals surface area contributed by atoms with Crippen LogP contribution in [0.4, 0.5) is 10.1 Å². The van der Waals surface area contributed by atoms with E-state index in [1.165, 1.54) is 12.5 Å². The zero-order chi connectivity index (χ0) is 25.2. The molecular formula is C30H39FN2O2. The van der Waals surface area contributed by atoms with Gasteiger partial charge >= 0.3 is 0 Å². The van der Waals surface area contributed by atoms with E-state index in [2.05, 4.69) is 32.2 Å². The Morgan fingerprint density at radius 3 is 2.37 bits per heavy atom. The second-order valence-electron chi connectivity index (χ2n) is 11.4. The number of hydrogen-bond donors (Lipinski definition) is 1. The number of nitrogens with zero attached hydrogens (tertiary/aromatic N) is 1. The number of benzene rings is 2. The molecule has 2 atom stereocenters. The van der Waals surface area contributed by atoms with Gasteiger partial charge in [-0.2, -0.15) is 0 Å². The van der Waals surface area contributed by atoms with Crippen molar-refractivity contribution in [2.24, 2.45) is 11.8 Å². The number of piperidine rings is 1. The van der Waals surface area contributed by atoms with Crippen LogP contribution in [0, 0.1) is 24.6 Å². The van der Waals surface area contributed by atoms with E-state index >= 15 is 0 Å². The van der Waals surface area contributed by atoms with E-state index in [4.69, 9.17) is 0 Å². The van der Waals surface area contributed by atoms with Crippen LogP contribution in [-0.4, -0.2) is 29.3 Å².